The Labute approximate surface area is 216 Å². The number of aromatic nitrogens is 1. The van der Waals surface area contributed by atoms with Crippen molar-refractivity contribution in [2.75, 3.05) is 6.61 Å². The molecule has 0 aliphatic carbocycles. The van der Waals surface area contributed by atoms with Crippen LogP contribution in [-0.4, -0.2) is 69.7 Å². The van der Waals surface area contributed by atoms with Crippen molar-refractivity contribution in [2.24, 2.45) is 17.6 Å². The highest BCUT2D eigenvalue weighted by molar-refractivity contribution is 5.95. The summed E-state index contributed by atoms with van der Waals surface area (Å²) in [6, 6.07) is 3.03. The molecule has 6 atom stereocenters. The van der Waals surface area contributed by atoms with Crippen LogP contribution >= 0.6 is 0 Å². The minimum atomic E-state index is -1.20. The van der Waals surface area contributed by atoms with Crippen molar-refractivity contribution >= 4 is 34.6 Å². The normalized spacial score (nSPS) is 16.2. The molecule has 0 saturated carbocycles. The molecule has 0 aliphatic rings. The van der Waals surface area contributed by atoms with E-state index in [2.05, 4.69) is 20.9 Å². The van der Waals surface area contributed by atoms with Crippen LogP contribution in [0.1, 0.15) is 46.1 Å². The number of carboxylic acid groups (broad SMARTS) is 1. The van der Waals surface area contributed by atoms with E-state index >= 15 is 0 Å². The van der Waals surface area contributed by atoms with Crippen molar-refractivity contribution < 1.29 is 29.4 Å². The van der Waals surface area contributed by atoms with Crippen LogP contribution in [0.25, 0.3) is 10.9 Å². The third-order valence-corrected chi connectivity index (χ3v) is 6.84. The monoisotopic (exact) mass is 517 g/mol. The second-order valence-corrected chi connectivity index (χ2v) is 9.50. The number of amides is 3. The molecule has 204 valence electrons. The molecule has 11 heteroatoms. The third kappa shape index (κ3) is 7.77. The van der Waals surface area contributed by atoms with E-state index in [0.29, 0.717) is 12.8 Å². The lowest BCUT2D eigenvalue weighted by atomic mass is 9.96. The molecular formula is C26H39N5O6. The van der Waals surface area contributed by atoms with Gasteiger partial charge in [-0.1, -0.05) is 58.7 Å². The number of carboxylic acids is 1. The zero-order valence-corrected chi connectivity index (χ0v) is 21.8. The van der Waals surface area contributed by atoms with E-state index in [4.69, 9.17) is 5.73 Å². The number of carbonyl (C=O) groups is 4. The van der Waals surface area contributed by atoms with Crippen molar-refractivity contribution in [3.8, 4) is 0 Å². The lowest BCUT2D eigenvalue weighted by Crippen LogP contribution is -2.59. The Bertz CT molecular complexity index is 1090. The molecule has 6 unspecified atom stereocenters. The van der Waals surface area contributed by atoms with Crippen LogP contribution in [0.5, 0.6) is 0 Å². The fourth-order valence-electron chi connectivity index (χ4n) is 3.97. The zero-order chi connectivity index (χ0) is 27.7. The topological polar surface area (TPSA) is 187 Å². The Morgan fingerprint density at radius 1 is 0.919 bits per heavy atom. The van der Waals surface area contributed by atoms with E-state index in [-0.39, 0.29) is 18.3 Å². The molecule has 8 N–H and O–H groups in total. The summed E-state index contributed by atoms with van der Waals surface area (Å²) in [6.45, 7) is 6.59. The molecule has 0 fully saturated rings. The van der Waals surface area contributed by atoms with Crippen molar-refractivity contribution in [1.82, 2.24) is 20.9 Å². The summed E-state index contributed by atoms with van der Waals surface area (Å²) < 4.78 is 0. The Kier molecular flexibility index (Phi) is 11.1. The Balaban J connectivity index is 2.36. The van der Waals surface area contributed by atoms with Gasteiger partial charge in [-0.05, 0) is 23.5 Å². The lowest BCUT2D eigenvalue weighted by molar-refractivity contribution is -0.144. The number of nitrogens with one attached hydrogen (secondary N) is 4. The number of para-hydroxylation sites is 1. The molecule has 0 radical (unpaired) electrons. The number of aromatic amines is 1. The average molecular weight is 518 g/mol. The quantitative estimate of drug-likeness (QED) is 0.192. The van der Waals surface area contributed by atoms with Gasteiger partial charge in [0, 0.05) is 23.5 Å². The van der Waals surface area contributed by atoms with Gasteiger partial charge in [0.1, 0.15) is 24.2 Å². The number of carbonyl (C=O) groups excluding carboxylic acids is 3. The van der Waals surface area contributed by atoms with Crippen LogP contribution in [0, 0.1) is 11.8 Å². The van der Waals surface area contributed by atoms with Crippen LogP contribution < -0.4 is 21.7 Å². The van der Waals surface area contributed by atoms with Crippen LogP contribution in [0.4, 0.5) is 0 Å². The van der Waals surface area contributed by atoms with Gasteiger partial charge in [0.05, 0.1) is 6.61 Å². The van der Waals surface area contributed by atoms with Gasteiger partial charge < -0.3 is 36.9 Å². The van der Waals surface area contributed by atoms with Crippen LogP contribution in [-0.2, 0) is 25.6 Å². The molecule has 0 saturated heterocycles. The van der Waals surface area contributed by atoms with E-state index in [1.165, 1.54) is 0 Å². The molecule has 1 aromatic heterocycles. The molecule has 11 nitrogen and oxygen atoms in total. The van der Waals surface area contributed by atoms with Crippen LogP contribution in [0.3, 0.4) is 0 Å². The first-order valence-corrected chi connectivity index (χ1v) is 12.6. The second-order valence-electron chi connectivity index (χ2n) is 9.50. The Morgan fingerprint density at radius 3 is 2.11 bits per heavy atom. The maximum atomic E-state index is 13.4. The molecule has 1 aromatic carbocycles. The second kappa shape index (κ2) is 13.8. The van der Waals surface area contributed by atoms with Gasteiger partial charge in [0.2, 0.25) is 17.7 Å². The summed E-state index contributed by atoms with van der Waals surface area (Å²) in [5.41, 5.74) is 7.22. The number of benzene rings is 1. The zero-order valence-electron chi connectivity index (χ0n) is 21.8. The molecule has 1 heterocycles. The summed E-state index contributed by atoms with van der Waals surface area (Å²) in [7, 11) is 0. The maximum Gasteiger partial charge on any atom is 0.326 e. The molecule has 37 heavy (non-hydrogen) atoms. The number of fused-ring (bicyclic) bond motifs is 1. The van der Waals surface area contributed by atoms with Crippen LogP contribution in [0.15, 0.2) is 30.5 Å². The van der Waals surface area contributed by atoms with Gasteiger partial charge >= 0.3 is 5.97 Å². The van der Waals surface area contributed by atoms with Gasteiger partial charge in [-0.2, -0.15) is 0 Å². The highest BCUT2D eigenvalue weighted by Crippen LogP contribution is 2.20. The van der Waals surface area contributed by atoms with Crippen molar-refractivity contribution in [3.63, 3.8) is 0 Å². The van der Waals surface area contributed by atoms with E-state index in [0.717, 1.165) is 16.5 Å². The number of aliphatic carboxylic acids is 1. The first-order valence-electron chi connectivity index (χ1n) is 12.6. The minimum Gasteiger partial charge on any atom is -0.480 e. The lowest BCUT2D eigenvalue weighted by Gasteiger charge is -2.28. The molecule has 3 amide bonds. The number of aliphatic hydroxyl groups excluding tert-OH is 1. The molecule has 2 aromatic rings. The number of nitrogens with two attached hydrogens (primary N) is 1. The summed E-state index contributed by atoms with van der Waals surface area (Å²) in [5, 5.41) is 27.6. The summed E-state index contributed by atoms with van der Waals surface area (Å²) in [5.74, 6) is -3.75. The highest BCUT2D eigenvalue weighted by atomic mass is 16.4. The SMILES string of the molecule is CCC(C)C(NC(=O)C(Cc1c[nH]c2ccccc12)NC(=O)C(NC(=O)C(N)CO)C(C)CC)C(=O)O. The molecule has 0 bridgehead atoms. The summed E-state index contributed by atoms with van der Waals surface area (Å²) >= 11 is 0. The van der Waals surface area contributed by atoms with Crippen molar-refractivity contribution in [3.05, 3.63) is 36.0 Å². The number of hydrogen-bond acceptors (Lipinski definition) is 6. The van der Waals surface area contributed by atoms with Crippen LogP contribution in [0.2, 0.25) is 0 Å². The Hall–Kier alpha value is -3.44. The summed E-state index contributed by atoms with van der Waals surface area (Å²) in [4.78, 5) is 54.1. The fraction of sp³-hybridized carbons (Fsp3) is 0.538. The highest BCUT2D eigenvalue weighted by Gasteiger charge is 2.33. The predicted molar refractivity (Wildman–Crippen MR) is 139 cm³/mol. The number of rotatable bonds is 14. The largest absolute Gasteiger partial charge is 0.480 e. The smallest absolute Gasteiger partial charge is 0.326 e. The molecule has 0 aliphatic heterocycles. The number of hydrogen-bond donors (Lipinski definition) is 7. The third-order valence-electron chi connectivity index (χ3n) is 6.84. The average Bonchev–Trinajstić information content (AvgIpc) is 3.30. The first kappa shape index (κ1) is 29.8. The van der Waals surface area contributed by atoms with Crippen molar-refractivity contribution in [1.29, 1.82) is 0 Å². The first-order chi connectivity index (χ1) is 17.5. The van der Waals surface area contributed by atoms with E-state index in [1.807, 2.05) is 38.1 Å². The van der Waals surface area contributed by atoms with E-state index in [1.54, 1.807) is 20.0 Å². The minimum absolute atomic E-state index is 0.0890. The predicted octanol–water partition coefficient (Wildman–Crippen LogP) is 0.661. The summed E-state index contributed by atoms with van der Waals surface area (Å²) in [6.07, 6.45) is 2.91. The molecular weight excluding hydrogens is 478 g/mol. The van der Waals surface area contributed by atoms with Gasteiger partial charge in [-0.25, -0.2) is 4.79 Å². The standard InChI is InChI=1S/C26H39N5O6/c1-5-14(3)21(30-23(33)18(27)13-32)25(35)29-20(24(34)31-22(26(36)37)15(4)6-2)11-16-12-28-19-10-8-7-9-17(16)19/h7-10,12,14-15,18,20-22,28,32H,5-6,11,13,27H2,1-4H3,(H,29,35)(H,30,33)(H,31,34)(H,36,37). The van der Waals surface area contributed by atoms with Gasteiger partial charge in [0.15, 0.2) is 0 Å². The number of aliphatic hydroxyl groups is 1. The fourth-order valence-corrected chi connectivity index (χ4v) is 3.97. The Morgan fingerprint density at radius 2 is 1.51 bits per heavy atom. The van der Waals surface area contributed by atoms with Crippen molar-refractivity contribution in [2.45, 2.75) is 71.1 Å². The maximum absolute atomic E-state index is 13.4. The van der Waals surface area contributed by atoms with E-state index < -0.39 is 54.5 Å². The van der Waals surface area contributed by atoms with E-state index in [9.17, 15) is 29.4 Å². The number of H-pyrrole nitrogens is 1. The van der Waals surface area contributed by atoms with Gasteiger partial charge in [0.25, 0.3) is 0 Å². The molecule has 2 rings (SSSR count). The van der Waals surface area contributed by atoms with Gasteiger partial charge in [-0.15, -0.1) is 0 Å². The van der Waals surface area contributed by atoms with Gasteiger partial charge in [-0.3, -0.25) is 14.4 Å². The molecule has 0 spiro atoms.